The fraction of sp³-hybridized carbons (Fsp3) is 0.304. The number of carbonyl (C=O) groups is 2. The lowest BCUT2D eigenvalue weighted by Gasteiger charge is -2.10. The number of methoxy groups -OCH3 is 1. The third kappa shape index (κ3) is 8.36. The monoisotopic (exact) mass is 411 g/mol. The summed E-state index contributed by atoms with van der Waals surface area (Å²) in [7, 11) is 1.63. The molecule has 0 bridgehead atoms. The van der Waals surface area contributed by atoms with Crippen LogP contribution in [0.4, 0.5) is 11.4 Å². The maximum atomic E-state index is 12.2. The van der Waals surface area contributed by atoms with Crippen molar-refractivity contribution in [3.05, 3.63) is 66.2 Å². The van der Waals surface area contributed by atoms with E-state index >= 15 is 0 Å². The summed E-state index contributed by atoms with van der Waals surface area (Å²) >= 11 is 0. The van der Waals surface area contributed by atoms with Crippen LogP contribution in [0.5, 0.6) is 5.75 Å². The van der Waals surface area contributed by atoms with Gasteiger partial charge in [0.15, 0.2) is 0 Å². The molecule has 2 aromatic rings. The van der Waals surface area contributed by atoms with E-state index in [0.717, 1.165) is 23.4 Å². The van der Waals surface area contributed by atoms with Gasteiger partial charge in [-0.3, -0.25) is 9.59 Å². The molecule has 0 radical (unpaired) electrons. The number of ether oxygens (including phenoxy) is 2. The van der Waals surface area contributed by atoms with Crippen LogP contribution in [0.25, 0.3) is 0 Å². The molecule has 0 atom stereocenters. The molecular weight excluding hydrogens is 382 g/mol. The summed E-state index contributed by atoms with van der Waals surface area (Å²) in [5.74, 6) is 0.409. The minimum absolute atomic E-state index is 0.119. The molecule has 0 saturated heterocycles. The minimum atomic E-state index is -0.186. The highest BCUT2D eigenvalue weighted by Crippen LogP contribution is 2.16. The molecular formula is C23H29N3O4. The second-order valence-electron chi connectivity index (χ2n) is 6.85. The molecule has 7 heteroatoms. The van der Waals surface area contributed by atoms with E-state index in [-0.39, 0.29) is 18.4 Å². The first-order valence-corrected chi connectivity index (χ1v) is 9.76. The van der Waals surface area contributed by atoms with Crippen LogP contribution in [-0.2, 0) is 9.53 Å². The molecule has 3 N–H and O–H groups in total. The van der Waals surface area contributed by atoms with Crippen molar-refractivity contribution in [1.29, 1.82) is 0 Å². The SMILES string of the molecule is C=C(C)COc1ccc(NCC(=O)Nc2ccc(C(=O)NCCCOC)cc2)cc1. The summed E-state index contributed by atoms with van der Waals surface area (Å²) in [5, 5.41) is 8.68. The Bertz CT molecular complexity index is 833. The molecule has 2 aromatic carbocycles. The van der Waals surface area contributed by atoms with Crippen LogP contribution in [0.2, 0.25) is 0 Å². The Balaban J connectivity index is 1.75. The zero-order valence-electron chi connectivity index (χ0n) is 17.5. The second kappa shape index (κ2) is 12.3. The van der Waals surface area contributed by atoms with Crippen LogP contribution in [0, 0.1) is 0 Å². The van der Waals surface area contributed by atoms with Crippen molar-refractivity contribution in [1.82, 2.24) is 5.32 Å². The van der Waals surface area contributed by atoms with E-state index in [4.69, 9.17) is 9.47 Å². The zero-order chi connectivity index (χ0) is 21.8. The van der Waals surface area contributed by atoms with Gasteiger partial charge in [0.25, 0.3) is 5.91 Å². The third-order valence-corrected chi connectivity index (χ3v) is 4.03. The van der Waals surface area contributed by atoms with Crippen LogP contribution < -0.4 is 20.7 Å². The van der Waals surface area contributed by atoms with Gasteiger partial charge in [-0.05, 0) is 67.4 Å². The third-order valence-electron chi connectivity index (χ3n) is 4.03. The van der Waals surface area contributed by atoms with Gasteiger partial charge < -0.3 is 25.4 Å². The summed E-state index contributed by atoms with van der Waals surface area (Å²) in [6.07, 6.45) is 0.758. The fourth-order valence-corrected chi connectivity index (χ4v) is 2.49. The Hall–Kier alpha value is -3.32. The van der Waals surface area contributed by atoms with Crippen LogP contribution >= 0.6 is 0 Å². The second-order valence-corrected chi connectivity index (χ2v) is 6.85. The molecule has 0 spiro atoms. The first kappa shape index (κ1) is 23.0. The molecule has 30 heavy (non-hydrogen) atoms. The van der Waals surface area contributed by atoms with E-state index in [0.29, 0.717) is 31.0 Å². The van der Waals surface area contributed by atoms with Crippen molar-refractivity contribution in [2.75, 3.05) is 44.0 Å². The normalized spacial score (nSPS) is 10.2. The lowest BCUT2D eigenvalue weighted by Crippen LogP contribution is -2.25. The number of hydrogen-bond donors (Lipinski definition) is 3. The number of hydrogen-bond acceptors (Lipinski definition) is 5. The molecule has 0 aliphatic carbocycles. The quantitative estimate of drug-likeness (QED) is 0.368. The smallest absolute Gasteiger partial charge is 0.251 e. The highest BCUT2D eigenvalue weighted by Gasteiger charge is 2.07. The number of nitrogens with one attached hydrogen (secondary N) is 3. The van der Waals surface area contributed by atoms with Gasteiger partial charge >= 0.3 is 0 Å². The van der Waals surface area contributed by atoms with Crippen LogP contribution in [0.3, 0.4) is 0 Å². The summed E-state index contributed by atoms with van der Waals surface area (Å²) in [6, 6.07) is 14.1. The Morgan fingerprint density at radius 3 is 2.30 bits per heavy atom. The van der Waals surface area contributed by atoms with Crippen LogP contribution in [0.15, 0.2) is 60.7 Å². The van der Waals surface area contributed by atoms with Crippen molar-refractivity contribution in [3.63, 3.8) is 0 Å². The summed E-state index contributed by atoms with van der Waals surface area (Å²) in [5.41, 5.74) is 2.93. The number of amides is 2. The molecule has 0 unspecified atom stereocenters. The number of benzene rings is 2. The van der Waals surface area contributed by atoms with Crippen LogP contribution in [-0.4, -0.2) is 45.2 Å². The fourth-order valence-electron chi connectivity index (χ4n) is 2.49. The maximum absolute atomic E-state index is 12.2. The van der Waals surface area contributed by atoms with E-state index < -0.39 is 0 Å². The lowest BCUT2D eigenvalue weighted by atomic mass is 10.2. The van der Waals surface area contributed by atoms with Gasteiger partial charge in [-0.2, -0.15) is 0 Å². The lowest BCUT2D eigenvalue weighted by molar-refractivity contribution is -0.114. The van der Waals surface area contributed by atoms with E-state index in [1.54, 1.807) is 31.4 Å². The molecule has 160 valence electrons. The Morgan fingerprint density at radius 2 is 1.67 bits per heavy atom. The predicted molar refractivity (Wildman–Crippen MR) is 119 cm³/mol. The largest absolute Gasteiger partial charge is 0.489 e. The summed E-state index contributed by atoms with van der Waals surface area (Å²) in [6.45, 7) is 7.45. The molecule has 0 fully saturated rings. The number of rotatable bonds is 12. The Morgan fingerprint density at radius 1 is 1.00 bits per heavy atom. The molecule has 0 aliphatic rings. The van der Waals surface area contributed by atoms with Crippen molar-refractivity contribution in [2.24, 2.45) is 0 Å². The van der Waals surface area contributed by atoms with Crippen molar-refractivity contribution < 1.29 is 19.1 Å². The minimum Gasteiger partial charge on any atom is -0.489 e. The van der Waals surface area contributed by atoms with Crippen LogP contribution in [0.1, 0.15) is 23.7 Å². The highest BCUT2D eigenvalue weighted by atomic mass is 16.5. The molecule has 2 rings (SSSR count). The van der Waals surface area contributed by atoms with Gasteiger partial charge in [-0.25, -0.2) is 0 Å². The first-order valence-electron chi connectivity index (χ1n) is 9.76. The first-order chi connectivity index (χ1) is 14.5. The van der Waals surface area contributed by atoms with E-state index in [1.807, 2.05) is 31.2 Å². The van der Waals surface area contributed by atoms with Gasteiger partial charge in [-0.1, -0.05) is 6.58 Å². The topological polar surface area (TPSA) is 88.7 Å². The molecule has 0 saturated carbocycles. The molecule has 0 aromatic heterocycles. The van der Waals surface area contributed by atoms with E-state index in [1.165, 1.54) is 0 Å². The average Bonchev–Trinajstić information content (AvgIpc) is 2.75. The maximum Gasteiger partial charge on any atom is 0.251 e. The van der Waals surface area contributed by atoms with Gasteiger partial charge in [0.05, 0.1) is 6.54 Å². The van der Waals surface area contributed by atoms with E-state index in [9.17, 15) is 9.59 Å². The number of carbonyl (C=O) groups excluding carboxylic acids is 2. The molecule has 7 nitrogen and oxygen atoms in total. The average molecular weight is 412 g/mol. The van der Waals surface area contributed by atoms with Crippen molar-refractivity contribution in [2.45, 2.75) is 13.3 Å². The molecule has 0 heterocycles. The van der Waals surface area contributed by atoms with Gasteiger partial charge in [0.2, 0.25) is 5.91 Å². The van der Waals surface area contributed by atoms with Gasteiger partial charge in [0.1, 0.15) is 12.4 Å². The van der Waals surface area contributed by atoms with Gasteiger partial charge in [-0.15, -0.1) is 0 Å². The van der Waals surface area contributed by atoms with Gasteiger partial charge in [0, 0.05) is 37.2 Å². The summed E-state index contributed by atoms with van der Waals surface area (Å²) in [4.78, 5) is 24.2. The zero-order valence-corrected chi connectivity index (χ0v) is 17.5. The standard InChI is InChI=1S/C23H29N3O4/c1-17(2)16-30-21-11-9-19(10-12-21)25-15-22(27)26-20-7-5-18(6-8-20)23(28)24-13-4-14-29-3/h5-12,25H,1,4,13-16H2,2-3H3,(H,24,28)(H,26,27). The predicted octanol–water partition coefficient (Wildman–Crippen LogP) is 3.46. The number of anilines is 2. The Labute approximate surface area is 177 Å². The Kier molecular flexibility index (Phi) is 9.40. The molecule has 0 aliphatic heterocycles. The van der Waals surface area contributed by atoms with E-state index in [2.05, 4.69) is 22.5 Å². The van der Waals surface area contributed by atoms with Crippen molar-refractivity contribution in [3.8, 4) is 5.75 Å². The summed E-state index contributed by atoms with van der Waals surface area (Å²) < 4.78 is 10.5. The molecule has 2 amide bonds. The van der Waals surface area contributed by atoms with Crippen molar-refractivity contribution >= 4 is 23.2 Å². The highest BCUT2D eigenvalue weighted by molar-refractivity contribution is 5.96.